The number of hydrogen-bond donors (Lipinski definition) is 0. The first-order valence-electron chi connectivity index (χ1n) is 12.7. The highest BCUT2D eigenvalue weighted by molar-refractivity contribution is 8.26. The summed E-state index contributed by atoms with van der Waals surface area (Å²) < 4.78 is 2.11. The fraction of sp³-hybridized carbons (Fsp3) is 0.357. The number of pyridine rings is 1. The van der Waals surface area contributed by atoms with Crippen molar-refractivity contribution in [2.45, 2.75) is 26.7 Å². The van der Waals surface area contributed by atoms with Gasteiger partial charge in [-0.2, -0.15) is 0 Å². The van der Waals surface area contributed by atoms with Crippen molar-refractivity contribution < 1.29 is 4.79 Å². The third-order valence-electron chi connectivity index (χ3n) is 6.94. The first-order valence-corrected chi connectivity index (χ1v) is 14.0. The highest BCUT2D eigenvalue weighted by atomic mass is 32.2. The molecule has 2 fully saturated rings. The van der Waals surface area contributed by atoms with Gasteiger partial charge >= 0.3 is 0 Å². The summed E-state index contributed by atoms with van der Waals surface area (Å²) in [6, 6.07) is 14.1. The number of carbonyl (C=O) groups is 1. The van der Waals surface area contributed by atoms with Gasteiger partial charge in [0.15, 0.2) is 0 Å². The number of anilines is 1. The number of aryl methyl sites for hydroxylation is 2. The Balaban J connectivity index is 1.45. The second-order valence-electron chi connectivity index (χ2n) is 9.43. The summed E-state index contributed by atoms with van der Waals surface area (Å²) in [5.41, 5.74) is 3.08. The van der Waals surface area contributed by atoms with E-state index >= 15 is 0 Å². The van der Waals surface area contributed by atoms with E-state index in [0.717, 1.165) is 51.1 Å². The number of rotatable bonds is 7. The average Bonchev–Trinajstić information content (AvgIpc) is 3.18. The summed E-state index contributed by atoms with van der Waals surface area (Å²) in [5.74, 6) is 0.498. The number of hydrogen-bond acceptors (Lipinski definition) is 7. The van der Waals surface area contributed by atoms with E-state index < -0.39 is 0 Å². The van der Waals surface area contributed by atoms with Crippen molar-refractivity contribution in [2.24, 2.45) is 0 Å². The standard InChI is InChI=1S/C28H31N5O2S2/c1-3-30-14-16-31(17-15-30)25-22(26(34)33-19-20(2)11-12-24(33)29-25)18-23-27(35)32(28(36)37-23)13-7-10-21-8-5-4-6-9-21/h4-6,8-9,11-12,18-19H,3,7,10,13-17H2,1-2H3. The second-order valence-corrected chi connectivity index (χ2v) is 11.1. The molecule has 0 N–H and O–H groups in total. The van der Waals surface area contributed by atoms with E-state index in [9.17, 15) is 9.59 Å². The van der Waals surface area contributed by atoms with Crippen molar-refractivity contribution in [3.05, 3.63) is 80.6 Å². The van der Waals surface area contributed by atoms with Crippen LogP contribution in [0, 0.1) is 6.92 Å². The molecular formula is C28H31N5O2S2. The predicted octanol–water partition coefficient (Wildman–Crippen LogP) is 3.98. The predicted molar refractivity (Wildman–Crippen MR) is 155 cm³/mol. The van der Waals surface area contributed by atoms with E-state index in [1.165, 1.54) is 17.3 Å². The average molecular weight is 534 g/mol. The van der Waals surface area contributed by atoms with Gasteiger partial charge in [0.2, 0.25) is 0 Å². The van der Waals surface area contributed by atoms with Crippen LogP contribution in [0.25, 0.3) is 11.7 Å². The number of nitrogens with zero attached hydrogens (tertiary/aromatic N) is 5. The van der Waals surface area contributed by atoms with Crippen molar-refractivity contribution in [1.82, 2.24) is 19.2 Å². The first-order chi connectivity index (χ1) is 17.9. The minimum atomic E-state index is -0.170. The van der Waals surface area contributed by atoms with Crippen molar-refractivity contribution in [3.63, 3.8) is 0 Å². The summed E-state index contributed by atoms with van der Waals surface area (Å²) in [6.45, 7) is 9.05. The molecule has 9 heteroatoms. The fourth-order valence-corrected chi connectivity index (χ4v) is 6.09. The first kappa shape index (κ1) is 25.6. The summed E-state index contributed by atoms with van der Waals surface area (Å²) in [4.78, 5) is 38.7. The van der Waals surface area contributed by atoms with Crippen molar-refractivity contribution in [2.75, 3.05) is 44.2 Å². The van der Waals surface area contributed by atoms with Crippen LogP contribution in [-0.2, 0) is 11.2 Å². The van der Waals surface area contributed by atoms with Crippen LogP contribution in [0.4, 0.5) is 5.82 Å². The molecule has 1 amide bonds. The Labute approximate surface area is 226 Å². The van der Waals surface area contributed by atoms with Gasteiger partial charge in [-0.25, -0.2) is 4.98 Å². The number of amides is 1. The number of thiocarbonyl (C=S) groups is 1. The lowest BCUT2D eigenvalue weighted by Crippen LogP contribution is -2.47. The minimum Gasteiger partial charge on any atom is -0.353 e. The molecule has 2 aliphatic rings. The highest BCUT2D eigenvalue weighted by Gasteiger charge is 2.33. The lowest BCUT2D eigenvalue weighted by atomic mass is 10.1. The molecule has 5 rings (SSSR count). The quantitative estimate of drug-likeness (QED) is 0.336. The molecule has 37 heavy (non-hydrogen) atoms. The summed E-state index contributed by atoms with van der Waals surface area (Å²) in [5, 5.41) is 0. The SMILES string of the molecule is CCN1CCN(c2nc3ccc(C)cn3c(=O)c2C=C2SC(=S)N(CCCc3ccccc3)C2=O)CC1. The molecule has 2 aliphatic heterocycles. The number of thioether (sulfide) groups is 1. The van der Waals surface area contributed by atoms with E-state index in [-0.39, 0.29) is 11.5 Å². The van der Waals surface area contributed by atoms with E-state index in [2.05, 4.69) is 28.9 Å². The monoisotopic (exact) mass is 533 g/mol. The molecule has 4 heterocycles. The number of piperazine rings is 1. The van der Waals surface area contributed by atoms with Crippen molar-refractivity contribution >= 4 is 51.7 Å². The lowest BCUT2D eigenvalue weighted by molar-refractivity contribution is -0.122. The molecule has 0 bridgehead atoms. The van der Waals surface area contributed by atoms with Crippen molar-refractivity contribution in [3.8, 4) is 0 Å². The zero-order valence-electron chi connectivity index (χ0n) is 21.2. The molecule has 0 atom stereocenters. The fourth-order valence-electron chi connectivity index (χ4n) is 4.80. The zero-order chi connectivity index (χ0) is 25.9. The molecule has 2 saturated heterocycles. The molecule has 192 valence electrons. The van der Waals surface area contributed by atoms with Gasteiger partial charge in [0.25, 0.3) is 11.5 Å². The van der Waals surface area contributed by atoms with Crippen molar-refractivity contribution in [1.29, 1.82) is 0 Å². The smallest absolute Gasteiger partial charge is 0.267 e. The maximum Gasteiger partial charge on any atom is 0.267 e. The molecular weight excluding hydrogens is 502 g/mol. The van der Waals surface area contributed by atoms with Crippen LogP contribution in [0.2, 0.25) is 0 Å². The van der Waals surface area contributed by atoms with Gasteiger partial charge in [0.1, 0.15) is 15.8 Å². The molecule has 3 aromatic rings. The minimum absolute atomic E-state index is 0.140. The summed E-state index contributed by atoms with van der Waals surface area (Å²) >= 11 is 6.83. The molecule has 0 saturated carbocycles. The second kappa shape index (κ2) is 11.2. The highest BCUT2D eigenvalue weighted by Crippen LogP contribution is 2.34. The van der Waals surface area contributed by atoms with E-state index in [1.54, 1.807) is 21.6 Å². The third-order valence-corrected chi connectivity index (χ3v) is 8.32. The number of likely N-dealkylation sites (N-methyl/N-ethyl adjacent to an activating group) is 1. The Bertz CT molecular complexity index is 1410. The maximum atomic E-state index is 13.7. The molecule has 7 nitrogen and oxygen atoms in total. The number of aromatic nitrogens is 2. The van der Waals surface area contributed by atoms with E-state index in [1.807, 2.05) is 37.3 Å². The molecule has 0 radical (unpaired) electrons. The Morgan fingerprint density at radius 2 is 1.81 bits per heavy atom. The van der Waals surface area contributed by atoms with E-state index in [4.69, 9.17) is 17.2 Å². The Hall–Kier alpha value is -3.01. The summed E-state index contributed by atoms with van der Waals surface area (Å²) in [6.07, 6.45) is 5.20. The van der Waals surface area contributed by atoms with Gasteiger partial charge in [0.05, 0.1) is 10.5 Å². The van der Waals surface area contributed by atoms with Crippen LogP contribution in [0.3, 0.4) is 0 Å². The van der Waals surface area contributed by atoms with Crippen LogP contribution < -0.4 is 10.5 Å². The topological polar surface area (TPSA) is 61.2 Å². The van der Waals surface area contributed by atoms with Gasteiger partial charge in [0, 0.05) is 38.9 Å². The summed E-state index contributed by atoms with van der Waals surface area (Å²) in [7, 11) is 0. The number of fused-ring (bicyclic) bond motifs is 1. The Morgan fingerprint density at radius 3 is 2.54 bits per heavy atom. The zero-order valence-corrected chi connectivity index (χ0v) is 22.9. The largest absolute Gasteiger partial charge is 0.353 e. The Morgan fingerprint density at radius 1 is 1.05 bits per heavy atom. The molecule has 0 spiro atoms. The van der Waals surface area contributed by atoms with Gasteiger partial charge in [-0.15, -0.1) is 0 Å². The number of carbonyl (C=O) groups excluding carboxylic acids is 1. The maximum absolute atomic E-state index is 13.7. The molecule has 0 aliphatic carbocycles. The van der Waals surface area contributed by atoms with Crippen LogP contribution in [0.15, 0.2) is 58.4 Å². The number of benzene rings is 1. The van der Waals surface area contributed by atoms with Crippen LogP contribution in [0.5, 0.6) is 0 Å². The molecule has 1 aromatic carbocycles. The van der Waals surface area contributed by atoms with Crippen LogP contribution in [0.1, 0.15) is 30.0 Å². The third kappa shape index (κ3) is 5.49. The van der Waals surface area contributed by atoms with Gasteiger partial charge in [-0.3, -0.25) is 18.9 Å². The van der Waals surface area contributed by atoms with Crippen LogP contribution in [-0.4, -0.2) is 68.7 Å². The van der Waals surface area contributed by atoms with Gasteiger partial charge in [-0.05, 0) is 49.6 Å². The Kier molecular flexibility index (Phi) is 7.73. The van der Waals surface area contributed by atoms with Crippen LogP contribution >= 0.6 is 24.0 Å². The molecule has 2 aromatic heterocycles. The van der Waals surface area contributed by atoms with Gasteiger partial charge < -0.3 is 9.80 Å². The normalized spacial score (nSPS) is 17.9. The van der Waals surface area contributed by atoms with E-state index in [0.29, 0.717) is 32.8 Å². The molecule has 0 unspecified atom stereocenters. The lowest BCUT2D eigenvalue weighted by Gasteiger charge is -2.35. The van der Waals surface area contributed by atoms with Gasteiger partial charge in [-0.1, -0.05) is 67.3 Å².